The van der Waals surface area contributed by atoms with Crippen molar-refractivity contribution in [2.45, 2.75) is 17.5 Å². The predicted octanol–water partition coefficient (Wildman–Crippen LogP) is 1.50. The van der Waals surface area contributed by atoms with E-state index in [4.69, 9.17) is 5.26 Å². The Bertz CT molecular complexity index is 200. The third-order valence-electron chi connectivity index (χ3n) is 1.35. The van der Waals surface area contributed by atoms with Crippen molar-refractivity contribution >= 4 is 0 Å². The van der Waals surface area contributed by atoms with Gasteiger partial charge in [0.2, 0.25) is 0 Å². The fraction of sp³-hybridized carbons (Fsp3) is 0.750. The number of nitriles is 1. The minimum atomic E-state index is -4.81. The molecule has 10 heavy (non-hydrogen) atoms. The van der Waals surface area contributed by atoms with Gasteiger partial charge in [0.1, 0.15) is 6.07 Å². The lowest BCUT2D eigenvalue weighted by Gasteiger charge is -1.84. The smallest absolute Gasteiger partial charge is 0.213 e. The summed E-state index contributed by atoms with van der Waals surface area (Å²) in [6.45, 7) is 0. The van der Waals surface area contributed by atoms with Crippen LogP contribution in [-0.2, 0) is 0 Å². The summed E-state index contributed by atoms with van der Waals surface area (Å²) in [7, 11) is 0. The van der Waals surface area contributed by atoms with Crippen molar-refractivity contribution in [3.8, 4) is 6.07 Å². The van der Waals surface area contributed by atoms with E-state index in [1.165, 1.54) is 0 Å². The molecule has 0 bridgehead atoms. The molecule has 0 aromatic carbocycles. The van der Waals surface area contributed by atoms with E-state index in [0.717, 1.165) is 0 Å². The number of hydrogen-bond donors (Lipinski definition) is 0. The molecule has 0 N–H and O–H groups in total. The summed E-state index contributed by atoms with van der Waals surface area (Å²) < 4.78 is 58.4. The number of alkyl halides is 5. The van der Waals surface area contributed by atoms with Crippen LogP contribution >= 0.6 is 0 Å². The summed E-state index contributed by atoms with van der Waals surface area (Å²) in [6, 6.07) is 0.229. The first-order valence-electron chi connectivity index (χ1n) is 2.17. The zero-order valence-corrected chi connectivity index (χ0v) is 4.34. The van der Waals surface area contributed by atoms with Crippen molar-refractivity contribution in [1.82, 2.24) is 0 Å². The van der Waals surface area contributed by atoms with Gasteiger partial charge >= 0.3 is 17.5 Å². The lowest BCUT2D eigenvalue weighted by Crippen LogP contribution is -2.08. The van der Waals surface area contributed by atoms with Crippen LogP contribution in [0.1, 0.15) is 0 Å². The monoisotopic (exact) mass is 157 g/mol. The van der Waals surface area contributed by atoms with Gasteiger partial charge in [-0.3, -0.25) is 0 Å². The molecule has 0 heterocycles. The predicted molar refractivity (Wildman–Crippen MR) is 19.3 cm³/mol. The van der Waals surface area contributed by atoms with Crippen LogP contribution in [0.25, 0.3) is 0 Å². The van der Waals surface area contributed by atoms with E-state index in [0.29, 0.717) is 0 Å². The summed E-state index contributed by atoms with van der Waals surface area (Å²) in [6.07, 6.45) is 0. The van der Waals surface area contributed by atoms with Crippen molar-refractivity contribution in [3.05, 3.63) is 0 Å². The average Bonchev–Trinajstić information content (AvgIpc) is 2.11. The summed E-state index contributed by atoms with van der Waals surface area (Å²) in [5, 5.41) is 7.55. The Balaban J connectivity index is 3.04. The fourth-order valence-corrected chi connectivity index (χ4v) is 0.527. The Morgan fingerprint density at radius 1 is 0.900 bits per heavy atom. The lowest BCUT2D eigenvalue weighted by atomic mass is 10.4. The van der Waals surface area contributed by atoms with Gasteiger partial charge in [0.05, 0.1) is 0 Å². The molecular formula is C4F5N. The molecule has 0 saturated heterocycles. The molecule has 1 aliphatic rings. The zero-order valence-electron chi connectivity index (χ0n) is 4.34. The van der Waals surface area contributed by atoms with Crippen molar-refractivity contribution in [3.63, 3.8) is 0 Å². The normalized spacial score (nSPS) is 30.8. The second-order valence-corrected chi connectivity index (χ2v) is 1.92. The average molecular weight is 157 g/mol. The number of nitrogens with zero attached hydrogens (tertiary/aromatic N) is 1. The molecule has 0 unspecified atom stereocenters. The maximum Gasteiger partial charge on any atom is 0.367 e. The highest BCUT2D eigenvalue weighted by atomic mass is 19.3. The Morgan fingerprint density at radius 2 is 1.20 bits per heavy atom. The largest absolute Gasteiger partial charge is 0.367 e. The fourth-order valence-electron chi connectivity index (χ4n) is 0.527. The maximum atomic E-state index is 11.9. The van der Waals surface area contributed by atoms with E-state index >= 15 is 0 Å². The second-order valence-electron chi connectivity index (χ2n) is 1.92. The van der Waals surface area contributed by atoms with Crippen LogP contribution in [0, 0.1) is 11.3 Å². The quantitative estimate of drug-likeness (QED) is 0.489. The van der Waals surface area contributed by atoms with E-state index in [9.17, 15) is 22.0 Å². The van der Waals surface area contributed by atoms with Gasteiger partial charge in [0.25, 0.3) is 0 Å². The summed E-state index contributed by atoms with van der Waals surface area (Å²) >= 11 is 0. The molecule has 6 heteroatoms. The maximum absolute atomic E-state index is 11.9. The minimum Gasteiger partial charge on any atom is -0.213 e. The molecule has 1 saturated carbocycles. The molecule has 1 nitrogen and oxygen atoms in total. The SMILES string of the molecule is N#CC1(F)C(F)(F)C1(F)F. The van der Waals surface area contributed by atoms with Gasteiger partial charge in [-0.2, -0.15) is 22.8 Å². The Labute approximate surface area is 52.0 Å². The molecule has 56 valence electrons. The van der Waals surface area contributed by atoms with Crippen LogP contribution in [-0.4, -0.2) is 17.5 Å². The second kappa shape index (κ2) is 1.26. The number of rotatable bonds is 0. The van der Waals surface area contributed by atoms with Crippen molar-refractivity contribution in [1.29, 1.82) is 5.26 Å². The first-order chi connectivity index (χ1) is 4.31. The van der Waals surface area contributed by atoms with Crippen molar-refractivity contribution in [2.24, 2.45) is 0 Å². The Kier molecular flexibility index (Phi) is 0.914. The highest BCUT2D eigenvalue weighted by Crippen LogP contribution is 2.67. The topological polar surface area (TPSA) is 23.8 Å². The van der Waals surface area contributed by atoms with Crippen molar-refractivity contribution < 1.29 is 22.0 Å². The molecule has 0 amide bonds. The van der Waals surface area contributed by atoms with Crippen LogP contribution in [0.3, 0.4) is 0 Å². The van der Waals surface area contributed by atoms with E-state index in [1.807, 2.05) is 0 Å². The van der Waals surface area contributed by atoms with Gasteiger partial charge < -0.3 is 0 Å². The van der Waals surface area contributed by atoms with Crippen LogP contribution < -0.4 is 0 Å². The van der Waals surface area contributed by atoms with Crippen molar-refractivity contribution in [2.75, 3.05) is 0 Å². The van der Waals surface area contributed by atoms with E-state index in [1.54, 1.807) is 0 Å². The molecule has 0 spiro atoms. The minimum absolute atomic E-state index is 0.229. The summed E-state index contributed by atoms with van der Waals surface area (Å²) in [4.78, 5) is 0. The summed E-state index contributed by atoms with van der Waals surface area (Å²) in [5.74, 6) is -9.62. The molecule has 0 aliphatic heterocycles. The molecule has 0 aromatic heterocycles. The molecule has 0 aromatic rings. The Morgan fingerprint density at radius 3 is 1.20 bits per heavy atom. The Hall–Kier alpha value is -0.860. The number of halogens is 5. The standard InChI is InChI=1S/C4F5N/c5-2(1-10)3(6,7)4(2,8)9. The molecular weight excluding hydrogens is 157 g/mol. The van der Waals surface area contributed by atoms with Crippen LogP contribution in [0.15, 0.2) is 0 Å². The third kappa shape index (κ3) is 0.365. The van der Waals surface area contributed by atoms with Gasteiger partial charge in [-0.05, 0) is 0 Å². The molecule has 1 rings (SSSR count). The highest BCUT2D eigenvalue weighted by Gasteiger charge is 3.00. The van der Waals surface area contributed by atoms with E-state index in [-0.39, 0.29) is 6.07 Å². The highest BCUT2D eigenvalue weighted by molar-refractivity contribution is 5.38. The van der Waals surface area contributed by atoms with Gasteiger partial charge in [-0.15, -0.1) is 0 Å². The third-order valence-corrected chi connectivity index (χ3v) is 1.35. The van der Waals surface area contributed by atoms with E-state index < -0.39 is 17.5 Å². The van der Waals surface area contributed by atoms with Crippen LogP contribution in [0.4, 0.5) is 22.0 Å². The lowest BCUT2D eigenvalue weighted by molar-refractivity contribution is -0.0278. The molecule has 0 atom stereocenters. The van der Waals surface area contributed by atoms with Crippen LogP contribution in [0.2, 0.25) is 0 Å². The molecule has 1 aliphatic carbocycles. The molecule has 0 radical (unpaired) electrons. The van der Waals surface area contributed by atoms with Gasteiger partial charge in [0.15, 0.2) is 0 Å². The van der Waals surface area contributed by atoms with Gasteiger partial charge in [-0.25, -0.2) is 4.39 Å². The summed E-state index contributed by atoms with van der Waals surface area (Å²) in [5.41, 5.74) is -4.28. The van der Waals surface area contributed by atoms with E-state index in [2.05, 4.69) is 0 Å². The van der Waals surface area contributed by atoms with Crippen LogP contribution in [0.5, 0.6) is 0 Å². The first-order valence-corrected chi connectivity index (χ1v) is 2.17. The van der Waals surface area contributed by atoms with Gasteiger partial charge in [0, 0.05) is 0 Å². The molecule has 1 fully saturated rings. The number of hydrogen-bond acceptors (Lipinski definition) is 1. The van der Waals surface area contributed by atoms with Gasteiger partial charge in [-0.1, -0.05) is 0 Å². The first kappa shape index (κ1) is 7.25. The zero-order chi connectivity index (χ0) is 8.21.